The van der Waals surface area contributed by atoms with E-state index in [0.717, 1.165) is 12.1 Å². The van der Waals surface area contributed by atoms with Gasteiger partial charge in [0.1, 0.15) is 0 Å². The van der Waals surface area contributed by atoms with E-state index in [2.05, 4.69) is 10.6 Å². The predicted molar refractivity (Wildman–Crippen MR) is 92.0 cm³/mol. The highest BCUT2D eigenvalue weighted by atomic mass is 19.2. The standard InChI is InChI=1S/C19H16F2N2O4/c1-19(9-11-4-2-3-5-13(11)17(25)27-19)18(26)22-10-16(24)23-12-6-7-14(20)15(21)8-12/h2-8H,9-10H2,1H3,(H,22,26)(H,23,24). The fourth-order valence-electron chi connectivity index (χ4n) is 2.79. The van der Waals surface area contributed by atoms with Gasteiger partial charge in [0.15, 0.2) is 17.2 Å². The molecule has 0 radical (unpaired) electrons. The number of anilines is 1. The van der Waals surface area contributed by atoms with Gasteiger partial charge in [0, 0.05) is 18.2 Å². The third-order valence-electron chi connectivity index (χ3n) is 4.18. The normalized spacial score (nSPS) is 18.3. The van der Waals surface area contributed by atoms with Crippen LogP contribution in [-0.4, -0.2) is 29.9 Å². The third-order valence-corrected chi connectivity index (χ3v) is 4.18. The minimum atomic E-state index is -1.45. The van der Waals surface area contributed by atoms with E-state index in [4.69, 9.17) is 4.74 Å². The van der Waals surface area contributed by atoms with Crippen LogP contribution in [0.2, 0.25) is 0 Å². The molecule has 2 N–H and O–H groups in total. The first-order valence-corrected chi connectivity index (χ1v) is 8.13. The molecule has 1 atom stereocenters. The molecule has 1 aliphatic rings. The van der Waals surface area contributed by atoms with Crippen LogP contribution in [0.25, 0.3) is 0 Å². The third kappa shape index (κ3) is 3.94. The van der Waals surface area contributed by atoms with Gasteiger partial charge in [-0.05, 0) is 30.7 Å². The van der Waals surface area contributed by atoms with Crippen molar-refractivity contribution in [3.05, 3.63) is 65.2 Å². The lowest BCUT2D eigenvalue weighted by Gasteiger charge is -2.32. The number of ether oxygens (including phenoxy) is 1. The Balaban J connectivity index is 1.61. The largest absolute Gasteiger partial charge is 0.445 e. The number of fused-ring (bicyclic) bond motifs is 1. The maximum absolute atomic E-state index is 13.2. The summed E-state index contributed by atoms with van der Waals surface area (Å²) < 4.78 is 31.3. The lowest BCUT2D eigenvalue weighted by molar-refractivity contribution is -0.140. The molecule has 0 fully saturated rings. The second-order valence-electron chi connectivity index (χ2n) is 6.31. The summed E-state index contributed by atoms with van der Waals surface area (Å²) >= 11 is 0. The summed E-state index contributed by atoms with van der Waals surface area (Å²) in [5, 5.41) is 4.73. The van der Waals surface area contributed by atoms with Gasteiger partial charge in [-0.3, -0.25) is 9.59 Å². The first-order chi connectivity index (χ1) is 12.8. The average Bonchev–Trinajstić information content (AvgIpc) is 2.62. The quantitative estimate of drug-likeness (QED) is 0.804. The first kappa shape index (κ1) is 18.5. The van der Waals surface area contributed by atoms with Crippen LogP contribution in [0.1, 0.15) is 22.8 Å². The maximum atomic E-state index is 13.2. The lowest BCUT2D eigenvalue weighted by atomic mass is 9.89. The molecule has 27 heavy (non-hydrogen) atoms. The Morgan fingerprint density at radius 3 is 2.63 bits per heavy atom. The fourth-order valence-corrected chi connectivity index (χ4v) is 2.79. The molecular weight excluding hydrogens is 358 g/mol. The first-order valence-electron chi connectivity index (χ1n) is 8.13. The van der Waals surface area contributed by atoms with Gasteiger partial charge >= 0.3 is 5.97 Å². The van der Waals surface area contributed by atoms with Crippen LogP contribution >= 0.6 is 0 Å². The topological polar surface area (TPSA) is 84.5 Å². The van der Waals surface area contributed by atoms with E-state index in [1.54, 1.807) is 24.3 Å². The number of esters is 1. The number of hydrogen-bond donors (Lipinski definition) is 2. The van der Waals surface area contributed by atoms with E-state index in [9.17, 15) is 23.2 Å². The minimum Gasteiger partial charge on any atom is -0.445 e. The zero-order valence-corrected chi connectivity index (χ0v) is 14.3. The van der Waals surface area contributed by atoms with Gasteiger partial charge in [-0.15, -0.1) is 0 Å². The van der Waals surface area contributed by atoms with Crippen molar-refractivity contribution in [1.29, 1.82) is 0 Å². The Morgan fingerprint density at radius 2 is 1.89 bits per heavy atom. The molecule has 0 aliphatic carbocycles. The van der Waals surface area contributed by atoms with Gasteiger partial charge < -0.3 is 15.4 Å². The number of amides is 2. The Hall–Kier alpha value is -3.29. The van der Waals surface area contributed by atoms with Crippen molar-refractivity contribution in [1.82, 2.24) is 5.32 Å². The Labute approximate surface area is 153 Å². The van der Waals surface area contributed by atoms with Gasteiger partial charge in [-0.1, -0.05) is 18.2 Å². The summed E-state index contributed by atoms with van der Waals surface area (Å²) in [6.45, 7) is 1.04. The van der Waals surface area contributed by atoms with Gasteiger partial charge in [-0.2, -0.15) is 0 Å². The average molecular weight is 374 g/mol. The van der Waals surface area contributed by atoms with Crippen LogP contribution in [0.5, 0.6) is 0 Å². The molecule has 1 aliphatic heterocycles. The SMILES string of the molecule is CC1(C(=O)NCC(=O)Nc2ccc(F)c(F)c2)Cc2ccccc2C(=O)O1. The molecule has 140 valence electrons. The minimum absolute atomic E-state index is 0.0531. The zero-order valence-electron chi connectivity index (χ0n) is 14.3. The van der Waals surface area contributed by atoms with Crippen LogP contribution < -0.4 is 10.6 Å². The number of benzene rings is 2. The van der Waals surface area contributed by atoms with Crippen molar-refractivity contribution in [2.75, 3.05) is 11.9 Å². The number of halogens is 2. The van der Waals surface area contributed by atoms with E-state index in [1.807, 2.05) is 0 Å². The summed E-state index contributed by atoms with van der Waals surface area (Å²) in [6, 6.07) is 9.71. The van der Waals surface area contributed by atoms with Crippen molar-refractivity contribution in [2.24, 2.45) is 0 Å². The van der Waals surface area contributed by atoms with Crippen LogP contribution in [0, 0.1) is 11.6 Å². The van der Waals surface area contributed by atoms with Crippen molar-refractivity contribution < 1.29 is 27.9 Å². The molecule has 6 nitrogen and oxygen atoms in total. The highest BCUT2D eigenvalue weighted by molar-refractivity contribution is 5.99. The van der Waals surface area contributed by atoms with E-state index in [1.165, 1.54) is 13.0 Å². The Kier molecular flexibility index (Phi) is 4.89. The van der Waals surface area contributed by atoms with Gasteiger partial charge in [0.05, 0.1) is 12.1 Å². The lowest BCUT2D eigenvalue weighted by Crippen LogP contribution is -2.52. The van der Waals surface area contributed by atoms with Crippen molar-refractivity contribution in [3.8, 4) is 0 Å². The van der Waals surface area contributed by atoms with Gasteiger partial charge in [-0.25, -0.2) is 13.6 Å². The molecule has 0 saturated heterocycles. The van der Waals surface area contributed by atoms with Crippen molar-refractivity contribution >= 4 is 23.5 Å². The molecule has 2 amide bonds. The number of rotatable bonds is 4. The molecule has 2 aromatic rings. The summed E-state index contributed by atoms with van der Waals surface area (Å²) in [6.07, 6.45) is 0.172. The molecule has 0 saturated carbocycles. The molecule has 0 spiro atoms. The number of carbonyl (C=O) groups excluding carboxylic acids is 3. The molecule has 2 aromatic carbocycles. The van der Waals surface area contributed by atoms with Crippen LogP contribution in [0.3, 0.4) is 0 Å². The Morgan fingerprint density at radius 1 is 1.15 bits per heavy atom. The summed E-state index contributed by atoms with van der Waals surface area (Å²) in [5.74, 6) is -4.02. The van der Waals surface area contributed by atoms with E-state index < -0.39 is 41.6 Å². The van der Waals surface area contributed by atoms with Gasteiger partial charge in [0.25, 0.3) is 5.91 Å². The second-order valence-corrected chi connectivity index (χ2v) is 6.31. The van der Waals surface area contributed by atoms with E-state index >= 15 is 0 Å². The summed E-state index contributed by atoms with van der Waals surface area (Å²) in [4.78, 5) is 36.5. The number of hydrogen-bond acceptors (Lipinski definition) is 4. The molecule has 0 bridgehead atoms. The van der Waals surface area contributed by atoms with Gasteiger partial charge in [0.2, 0.25) is 5.91 Å². The van der Waals surface area contributed by atoms with E-state index in [0.29, 0.717) is 11.1 Å². The molecule has 8 heteroatoms. The maximum Gasteiger partial charge on any atom is 0.339 e. The zero-order chi connectivity index (χ0) is 19.6. The monoisotopic (exact) mass is 374 g/mol. The van der Waals surface area contributed by atoms with Crippen LogP contribution in [0.15, 0.2) is 42.5 Å². The number of nitrogens with one attached hydrogen (secondary N) is 2. The van der Waals surface area contributed by atoms with Crippen molar-refractivity contribution in [3.63, 3.8) is 0 Å². The number of cyclic esters (lactones) is 1. The molecular formula is C19H16F2N2O4. The highest BCUT2D eigenvalue weighted by Crippen LogP contribution is 2.28. The highest BCUT2D eigenvalue weighted by Gasteiger charge is 2.42. The predicted octanol–water partition coefficient (Wildman–Crippen LogP) is 2.19. The fraction of sp³-hybridized carbons (Fsp3) is 0.211. The summed E-state index contributed by atoms with van der Waals surface area (Å²) in [5.41, 5.74) is -0.317. The Bertz CT molecular complexity index is 932. The van der Waals surface area contributed by atoms with E-state index in [-0.39, 0.29) is 12.1 Å². The molecule has 1 unspecified atom stereocenters. The second kappa shape index (κ2) is 7.14. The molecule has 3 rings (SSSR count). The molecule has 1 heterocycles. The van der Waals surface area contributed by atoms with Crippen molar-refractivity contribution in [2.45, 2.75) is 18.9 Å². The smallest absolute Gasteiger partial charge is 0.339 e. The number of carbonyl (C=O) groups is 3. The van der Waals surface area contributed by atoms with Crippen LogP contribution in [-0.2, 0) is 20.7 Å². The summed E-state index contributed by atoms with van der Waals surface area (Å²) in [7, 11) is 0. The molecule has 0 aromatic heterocycles. The van der Waals surface area contributed by atoms with Crippen LogP contribution in [0.4, 0.5) is 14.5 Å².